The van der Waals surface area contributed by atoms with E-state index in [0.717, 1.165) is 6.26 Å². The van der Waals surface area contributed by atoms with Crippen molar-refractivity contribution in [1.82, 2.24) is 5.32 Å². The van der Waals surface area contributed by atoms with Crippen LogP contribution in [0.5, 0.6) is 0 Å². The maximum Gasteiger partial charge on any atom is 0.460 e. The minimum atomic E-state index is -6.54. The Morgan fingerprint density at radius 2 is 1.70 bits per heavy atom. The fourth-order valence-corrected chi connectivity index (χ4v) is 1.01. The largest absolute Gasteiger partial charge is 0.467 e. The Kier molecular flexibility index (Phi) is 5.18. The van der Waals surface area contributed by atoms with E-state index in [9.17, 15) is 35.5 Å². The van der Waals surface area contributed by atoms with Gasteiger partial charge in [0.25, 0.3) is 5.91 Å². The first-order valence-corrected chi connectivity index (χ1v) is 4.63. The topological polar surface area (TPSA) is 73.7 Å². The summed E-state index contributed by atoms with van der Waals surface area (Å²) in [6.07, 6.45) is -5.44. The maximum atomic E-state index is 12.8. The highest BCUT2D eigenvalue weighted by molar-refractivity contribution is 5.84. The molecular weight excluding hydrogens is 303 g/mol. The van der Waals surface area contributed by atoms with Crippen LogP contribution < -0.4 is 5.32 Å². The number of nitrogens with one attached hydrogen (secondary N) is 1. The van der Waals surface area contributed by atoms with Gasteiger partial charge in [-0.1, -0.05) is 0 Å². The van der Waals surface area contributed by atoms with Gasteiger partial charge in [-0.05, 0) is 12.1 Å². The van der Waals surface area contributed by atoms with Crippen LogP contribution in [0.15, 0.2) is 22.8 Å². The molecule has 3 N–H and O–H groups in total. The van der Waals surface area contributed by atoms with Gasteiger partial charge in [0.05, 0.1) is 12.8 Å². The Morgan fingerprint density at radius 3 is 2.10 bits per heavy atom. The number of furan rings is 1. The maximum absolute atomic E-state index is 12.8. The first-order chi connectivity index (χ1) is 8.50. The molecule has 0 fully saturated rings. The molecule has 0 aromatic carbocycles. The highest BCUT2D eigenvalue weighted by Crippen LogP contribution is 2.46. The summed E-state index contributed by atoms with van der Waals surface area (Å²) in [6, 6.07) is 2.52. The van der Waals surface area contributed by atoms with Crippen molar-refractivity contribution in [2.75, 3.05) is 0 Å². The van der Waals surface area contributed by atoms with Crippen LogP contribution in [0.3, 0.4) is 0 Å². The van der Waals surface area contributed by atoms with Crippen molar-refractivity contribution in [3.63, 3.8) is 0 Å². The van der Waals surface area contributed by atoms with Gasteiger partial charge >= 0.3 is 18.0 Å². The van der Waals surface area contributed by atoms with E-state index in [0.29, 0.717) is 0 Å². The molecule has 116 valence electrons. The van der Waals surface area contributed by atoms with Crippen molar-refractivity contribution in [2.24, 2.45) is 0 Å². The van der Waals surface area contributed by atoms with Crippen LogP contribution in [0.1, 0.15) is 5.76 Å². The number of carbonyl (C=O) groups excluding carboxylic acids is 1. The molecule has 4 nitrogen and oxygen atoms in total. The Balaban J connectivity index is 0.00000361. The second-order valence-corrected chi connectivity index (χ2v) is 3.41. The zero-order valence-corrected chi connectivity index (χ0v) is 9.40. The average Bonchev–Trinajstić information content (AvgIpc) is 2.76. The van der Waals surface area contributed by atoms with Crippen LogP contribution >= 0.6 is 0 Å². The number of rotatable bonds is 4. The van der Waals surface area contributed by atoms with Gasteiger partial charge in [-0.2, -0.15) is 30.7 Å². The van der Waals surface area contributed by atoms with Crippen LogP contribution in [0, 0.1) is 0 Å². The summed E-state index contributed by atoms with van der Waals surface area (Å²) in [5.74, 6) is -15.2. The summed E-state index contributed by atoms with van der Waals surface area (Å²) in [5, 5.41) is 1.24. The highest BCUT2D eigenvalue weighted by atomic mass is 19.4. The quantitative estimate of drug-likeness (QED) is 0.863. The molecule has 0 saturated carbocycles. The van der Waals surface area contributed by atoms with E-state index in [1.54, 1.807) is 0 Å². The third-order valence-electron chi connectivity index (χ3n) is 2.04. The molecule has 0 spiro atoms. The van der Waals surface area contributed by atoms with Crippen molar-refractivity contribution >= 4 is 5.91 Å². The lowest BCUT2D eigenvalue weighted by Crippen LogP contribution is -2.59. The number of hydrogen-bond acceptors (Lipinski definition) is 2. The molecule has 0 bridgehead atoms. The van der Waals surface area contributed by atoms with E-state index in [1.165, 1.54) is 17.4 Å². The molecule has 0 aliphatic carbocycles. The first kappa shape index (κ1) is 18.2. The number of alkyl halides is 7. The zero-order valence-electron chi connectivity index (χ0n) is 9.40. The number of halogens is 7. The van der Waals surface area contributed by atoms with Crippen LogP contribution in [0.4, 0.5) is 30.7 Å². The summed E-state index contributed by atoms with van der Waals surface area (Å²) in [5.41, 5.74) is 0. The summed E-state index contributed by atoms with van der Waals surface area (Å²) < 4.78 is 90.4. The molecule has 0 radical (unpaired) electrons. The summed E-state index contributed by atoms with van der Waals surface area (Å²) in [6.45, 7) is -0.741. The van der Waals surface area contributed by atoms with Gasteiger partial charge in [0.2, 0.25) is 0 Å². The van der Waals surface area contributed by atoms with Crippen molar-refractivity contribution in [1.29, 1.82) is 0 Å². The minimum Gasteiger partial charge on any atom is -0.467 e. The number of amides is 1. The Morgan fingerprint density at radius 1 is 1.15 bits per heavy atom. The predicted molar refractivity (Wildman–Crippen MR) is 50.1 cm³/mol. The van der Waals surface area contributed by atoms with Gasteiger partial charge in [0, 0.05) is 0 Å². The van der Waals surface area contributed by atoms with Gasteiger partial charge in [-0.15, -0.1) is 0 Å². The SMILES string of the molecule is O.O=C(NCc1ccco1)C(F)(F)C(F)(F)C(F)(F)F. The second-order valence-electron chi connectivity index (χ2n) is 3.41. The summed E-state index contributed by atoms with van der Waals surface area (Å²) in [7, 11) is 0. The van der Waals surface area contributed by atoms with Crippen LogP contribution in [0.25, 0.3) is 0 Å². The van der Waals surface area contributed by atoms with Crippen LogP contribution in [0.2, 0.25) is 0 Å². The van der Waals surface area contributed by atoms with E-state index in [1.807, 2.05) is 0 Å². The molecule has 20 heavy (non-hydrogen) atoms. The van der Waals surface area contributed by atoms with Gasteiger partial charge in [-0.25, -0.2) is 0 Å². The predicted octanol–water partition coefficient (Wildman–Crippen LogP) is 1.90. The molecule has 0 aliphatic rings. The normalized spacial score (nSPS) is 12.8. The molecule has 1 aromatic rings. The lowest BCUT2D eigenvalue weighted by molar-refractivity contribution is -0.344. The number of hydrogen-bond donors (Lipinski definition) is 1. The van der Waals surface area contributed by atoms with Crippen molar-refractivity contribution in [3.05, 3.63) is 24.2 Å². The van der Waals surface area contributed by atoms with Crippen molar-refractivity contribution < 1.29 is 45.4 Å². The van der Waals surface area contributed by atoms with Gasteiger partial charge in [0.15, 0.2) is 0 Å². The third kappa shape index (κ3) is 3.21. The highest BCUT2D eigenvalue weighted by Gasteiger charge is 2.76. The standard InChI is InChI=1S/C9H6F7NO2.H2O/c10-7(11,8(12,13)9(14,15)16)6(18)17-4-5-2-1-3-19-5;/h1-3H,4H2,(H,17,18);1H2. The molecule has 1 rings (SSSR count). The monoisotopic (exact) mass is 311 g/mol. The fourth-order valence-electron chi connectivity index (χ4n) is 1.01. The lowest BCUT2D eigenvalue weighted by atomic mass is 10.1. The van der Waals surface area contributed by atoms with Crippen molar-refractivity contribution in [3.8, 4) is 0 Å². The third-order valence-corrected chi connectivity index (χ3v) is 2.04. The summed E-state index contributed by atoms with van der Waals surface area (Å²) >= 11 is 0. The van der Waals surface area contributed by atoms with E-state index in [-0.39, 0.29) is 11.2 Å². The van der Waals surface area contributed by atoms with Gasteiger partial charge < -0.3 is 15.2 Å². The molecule has 0 unspecified atom stereocenters. The Bertz CT molecular complexity index is 441. The smallest absolute Gasteiger partial charge is 0.460 e. The second kappa shape index (κ2) is 5.69. The Hall–Kier alpha value is -1.78. The zero-order chi connectivity index (χ0) is 14.9. The van der Waals surface area contributed by atoms with E-state index < -0.39 is 30.5 Å². The average molecular weight is 311 g/mol. The molecule has 1 heterocycles. The molecule has 1 amide bonds. The lowest BCUT2D eigenvalue weighted by Gasteiger charge is -2.26. The van der Waals surface area contributed by atoms with E-state index in [4.69, 9.17) is 0 Å². The molecule has 11 heteroatoms. The molecule has 0 atom stereocenters. The van der Waals surface area contributed by atoms with E-state index >= 15 is 0 Å². The van der Waals surface area contributed by atoms with Crippen molar-refractivity contribution in [2.45, 2.75) is 24.6 Å². The molecule has 1 aromatic heterocycles. The van der Waals surface area contributed by atoms with E-state index in [2.05, 4.69) is 4.42 Å². The first-order valence-electron chi connectivity index (χ1n) is 4.63. The molecular formula is C9H8F7NO3. The van der Waals surface area contributed by atoms with Gasteiger partial charge in [-0.3, -0.25) is 4.79 Å². The van der Waals surface area contributed by atoms with Gasteiger partial charge in [0.1, 0.15) is 5.76 Å². The number of carbonyl (C=O) groups is 1. The Labute approximate surface area is 106 Å². The summed E-state index contributed by atoms with van der Waals surface area (Å²) in [4.78, 5) is 10.8. The fraction of sp³-hybridized carbons (Fsp3) is 0.444. The molecule has 0 aliphatic heterocycles. The van der Waals surface area contributed by atoms with Crippen LogP contribution in [-0.2, 0) is 11.3 Å². The van der Waals surface area contributed by atoms with Crippen LogP contribution in [-0.4, -0.2) is 29.4 Å². The molecule has 0 saturated heterocycles. The minimum absolute atomic E-state index is 0.